The highest BCUT2D eigenvalue weighted by atomic mass is 32.2. The van der Waals surface area contributed by atoms with Crippen LogP contribution in [0.5, 0.6) is 0 Å². The number of hydrogen-bond acceptors (Lipinski definition) is 6. The van der Waals surface area contributed by atoms with Gasteiger partial charge in [-0.1, -0.05) is 0 Å². The van der Waals surface area contributed by atoms with Crippen LogP contribution in [-0.2, 0) is 19.1 Å². The minimum absolute atomic E-state index is 0.0308. The molecule has 1 amide bonds. The van der Waals surface area contributed by atoms with E-state index in [-0.39, 0.29) is 23.4 Å². The molecule has 2 heterocycles. The van der Waals surface area contributed by atoms with Gasteiger partial charge >= 0.3 is 11.9 Å². The quantitative estimate of drug-likeness (QED) is 0.519. The molecule has 0 bridgehead atoms. The molecule has 2 atom stereocenters. The number of thioether (sulfide) groups is 1. The van der Waals surface area contributed by atoms with Crippen LogP contribution >= 0.6 is 11.8 Å². The number of ether oxygens (including phenoxy) is 1. The second-order valence-electron chi connectivity index (χ2n) is 4.34. The van der Waals surface area contributed by atoms with E-state index >= 15 is 0 Å². The van der Waals surface area contributed by atoms with Crippen molar-refractivity contribution >= 4 is 29.6 Å². The van der Waals surface area contributed by atoms with Crippen LogP contribution in [0, 0.1) is 0 Å². The zero-order chi connectivity index (χ0) is 14.2. The molecule has 0 aliphatic carbocycles. The number of carboxylic acids is 1. The van der Waals surface area contributed by atoms with E-state index in [1.54, 1.807) is 0 Å². The highest BCUT2D eigenvalue weighted by molar-refractivity contribution is 8.03. The first-order valence-corrected chi connectivity index (χ1v) is 6.69. The largest absolute Gasteiger partial charge is 0.477 e. The van der Waals surface area contributed by atoms with E-state index in [2.05, 4.69) is 4.74 Å². The number of carbonyl (C=O) groups excluding carboxylic acids is 2. The van der Waals surface area contributed by atoms with Gasteiger partial charge in [-0.15, -0.1) is 11.8 Å². The topological polar surface area (TPSA) is 110 Å². The van der Waals surface area contributed by atoms with Crippen molar-refractivity contribution in [2.45, 2.75) is 24.9 Å². The number of rotatable bonds is 5. The molecule has 0 saturated carbocycles. The monoisotopic (exact) mass is 286 g/mol. The summed E-state index contributed by atoms with van der Waals surface area (Å²) in [5.41, 5.74) is 5.62. The average Bonchev–Trinajstić information content (AvgIpc) is 2.67. The highest BCUT2D eigenvalue weighted by Crippen LogP contribution is 2.42. The lowest BCUT2D eigenvalue weighted by atomic mass is 10.0. The summed E-state index contributed by atoms with van der Waals surface area (Å²) in [6.45, 7) is 0. The lowest BCUT2D eigenvalue weighted by Gasteiger charge is -2.34. The van der Waals surface area contributed by atoms with Gasteiger partial charge in [0.25, 0.3) is 0 Å². The van der Waals surface area contributed by atoms with Gasteiger partial charge in [0.05, 0.1) is 13.2 Å². The summed E-state index contributed by atoms with van der Waals surface area (Å²) in [5.74, 6) is -1.60. The van der Waals surface area contributed by atoms with Crippen molar-refractivity contribution in [1.82, 2.24) is 4.90 Å². The maximum absolute atomic E-state index is 11.4. The number of nitrogens with zero attached hydrogens (tertiary/aromatic N) is 1. The van der Waals surface area contributed by atoms with Crippen molar-refractivity contribution in [2.75, 3.05) is 12.9 Å². The molecule has 1 saturated heterocycles. The third kappa shape index (κ3) is 2.45. The number of esters is 1. The zero-order valence-corrected chi connectivity index (χ0v) is 11.1. The van der Waals surface area contributed by atoms with Gasteiger partial charge in [0.2, 0.25) is 5.91 Å². The number of carbonyl (C=O) groups is 3. The second-order valence-corrected chi connectivity index (χ2v) is 5.46. The molecule has 3 N–H and O–H groups in total. The fourth-order valence-corrected chi connectivity index (χ4v) is 3.31. The number of fused-ring (bicyclic) bond motifs is 1. The molecule has 1 unspecified atom stereocenters. The second kappa shape index (κ2) is 5.22. The summed E-state index contributed by atoms with van der Waals surface area (Å²) in [4.78, 5) is 35.7. The molecule has 104 valence electrons. The van der Waals surface area contributed by atoms with Gasteiger partial charge in [-0.25, -0.2) is 4.79 Å². The Morgan fingerprint density at radius 1 is 1.58 bits per heavy atom. The van der Waals surface area contributed by atoms with Crippen LogP contribution in [0.15, 0.2) is 10.6 Å². The van der Waals surface area contributed by atoms with Crippen molar-refractivity contribution in [3.8, 4) is 0 Å². The van der Waals surface area contributed by atoms with Crippen LogP contribution in [0.25, 0.3) is 0 Å². The summed E-state index contributed by atoms with van der Waals surface area (Å²) < 4.78 is 4.50. The number of amides is 1. The molecular weight excluding hydrogens is 272 g/mol. The van der Waals surface area contributed by atoms with Gasteiger partial charge < -0.3 is 20.5 Å². The molecule has 0 radical (unpaired) electrons. The first-order chi connectivity index (χ1) is 8.95. The van der Waals surface area contributed by atoms with Gasteiger partial charge in [-0.3, -0.25) is 9.59 Å². The van der Waals surface area contributed by atoms with Crippen LogP contribution in [0.4, 0.5) is 0 Å². The maximum atomic E-state index is 11.4. The standard InChI is InChI=1S/C11H14N2O5S/c1-18-11(17)6(12)4-19-7-2-5-3-8(14)13(5)9(7)10(15)16/h5-6H,2-4,12H2,1H3,(H,15,16)/t5-,6?/m0/s1. The number of β-lactam (4-membered cyclic amide) rings is 1. The fourth-order valence-electron chi connectivity index (χ4n) is 2.16. The smallest absolute Gasteiger partial charge is 0.353 e. The van der Waals surface area contributed by atoms with Gasteiger partial charge in [-0.05, 0) is 0 Å². The Morgan fingerprint density at radius 3 is 2.79 bits per heavy atom. The normalized spacial score (nSPS) is 22.9. The Bertz CT molecular complexity index is 476. The van der Waals surface area contributed by atoms with E-state index < -0.39 is 18.0 Å². The lowest BCUT2D eigenvalue weighted by molar-refractivity contribution is -0.147. The molecule has 8 heteroatoms. The molecule has 2 rings (SSSR count). The van der Waals surface area contributed by atoms with E-state index in [1.807, 2.05) is 0 Å². The SMILES string of the molecule is COC(=O)C(N)CSC1=C(C(=O)O)N2C(=O)C[C@@H]2C1. The molecule has 0 aromatic heterocycles. The molecule has 2 aliphatic heterocycles. The van der Waals surface area contributed by atoms with Crippen molar-refractivity contribution in [3.63, 3.8) is 0 Å². The van der Waals surface area contributed by atoms with E-state index in [9.17, 15) is 14.4 Å². The predicted octanol–water partition coefficient (Wildman–Crippen LogP) is -0.479. The molecule has 19 heavy (non-hydrogen) atoms. The minimum Gasteiger partial charge on any atom is -0.477 e. The van der Waals surface area contributed by atoms with Gasteiger partial charge in [-0.2, -0.15) is 0 Å². The van der Waals surface area contributed by atoms with Crippen molar-refractivity contribution in [2.24, 2.45) is 5.73 Å². The Labute approximate surface area is 113 Å². The fraction of sp³-hybridized carbons (Fsp3) is 0.545. The Hall–Kier alpha value is -1.54. The van der Waals surface area contributed by atoms with Gasteiger partial charge in [0.1, 0.15) is 11.7 Å². The van der Waals surface area contributed by atoms with Crippen LogP contribution < -0.4 is 5.73 Å². The van der Waals surface area contributed by atoms with E-state index in [1.165, 1.54) is 23.8 Å². The number of aliphatic carboxylic acids is 1. The van der Waals surface area contributed by atoms with Crippen molar-refractivity contribution < 1.29 is 24.2 Å². The lowest BCUT2D eigenvalue weighted by Crippen LogP contribution is -2.49. The van der Waals surface area contributed by atoms with Crippen molar-refractivity contribution in [3.05, 3.63) is 10.6 Å². The van der Waals surface area contributed by atoms with Gasteiger partial charge in [0, 0.05) is 23.5 Å². The number of hydrogen-bond donors (Lipinski definition) is 2. The minimum atomic E-state index is -1.12. The zero-order valence-electron chi connectivity index (χ0n) is 10.3. The summed E-state index contributed by atoms with van der Waals surface area (Å²) in [6.07, 6.45) is 0.899. The molecule has 7 nitrogen and oxygen atoms in total. The summed E-state index contributed by atoms with van der Waals surface area (Å²) in [7, 11) is 1.25. The van der Waals surface area contributed by atoms with Crippen LogP contribution in [0.1, 0.15) is 12.8 Å². The number of carboxylic acid groups (broad SMARTS) is 1. The van der Waals surface area contributed by atoms with Crippen LogP contribution in [0.2, 0.25) is 0 Å². The Morgan fingerprint density at radius 2 is 2.26 bits per heavy atom. The first kappa shape index (κ1) is 13.9. The molecule has 2 aliphatic rings. The molecule has 0 aromatic carbocycles. The number of methoxy groups -OCH3 is 1. The highest BCUT2D eigenvalue weighted by Gasteiger charge is 2.47. The average molecular weight is 286 g/mol. The van der Waals surface area contributed by atoms with Crippen LogP contribution in [0.3, 0.4) is 0 Å². The molecular formula is C11H14N2O5S. The molecule has 1 fully saturated rings. The summed E-state index contributed by atoms with van der Waals surface area (Å²) in [5, 5.41) is 9.16. The summed E-state index contributed by atoms with van der Waals surface area (Å²) in [6, 6.07) is -0.850. The predicted molar refractivity (Wildman–Crippen MR) is 67.0 cm³/mol. The first-order valence-electron chi connectivity index (χ1n) is 5.70. The van der Waals surface area contributed by atoms with E-state index in [0.717, 1.165) is 0 Å². The third-order valence-corrected chi connectivity index (χ3v) is 4.35. The third-order valence-electron chi connectivity index (χ3n) is 3.11. The van der Waals surface area contributed by atoms with Crippen LogP contribution in [-0.4, -0.2) is 52.8 Å². The van der Waals surface area contributed by atoms with E-state index in [4.69, 9.17) is 10.8 Å². The maximum Gasteiger partial charge on any atom is 0.353 e. The molecule has 0 aromatic rings. The Kier molecular flexibility index (Phi) is 3.81. The molecule has 0 spiro atoms. The van der Waals surface area contributed by atoms with E-state index in [0.29, 0.717) is 17.7 Å². The van der Waals surface area contributed by atoms with Crippen molar-refractivity contribution in [1.29, 1.82) is 0 Å². The Balaban J connectivity index is 2.05. The summed E-state index contributed by atoms with van der Waals surface area (Å²) >= 11 is 1.20. The number of nitrogens with two attached hydrogens (primary N) is 1. The van der Waals surface area contributed by atoms with Gasteiger partial charge in [0.15, 0.2) is 0 Å².